The molecule has 2 rings (SSSR count). The number of hydrogen-bond donors (Lipinski definition) is 1. The van der Waals surface area contributed by atoms with E-state index in [2.05, 4.69) is 15.3 Å². The number of nitrogens with one attached hydrogen (secondary N) is 1. The first kappa shape index (κ1) is 17.3. The maximum absolute atomic E-state index is 12.4. The number of anilines is 1. The first-order valence-electron chi connectivity index (χ1n) is 7.45. The molecule has 6 nitrogen and oxygen atoms in total. The van der Waals surface area contributed by atoms with Crippen LogP contribution in [-0.4, -0.2) is 53.2 Å². The number of hydrogen-bond acceptors (Lipinski definition) is 5. The van der Waals surface area contributed by atoms with Gasteiger partial charge in [-0.15, -0.1) is 0 Å². The minimum absolute atomic E-state index is 0.124. The monoisotopic (exact) mass is 332 g/mol. The van der Waals surface area contributed by atoms with Gasteiger partial charge in [-0.3, -0.25) is 4.79 Å². The number of aromatic nitrogens is 2. The van der Waals surface area contributed by atoms with Crippen molar-refractivity contribution in [3.8, 4) is 5.88 Å². The summed E-state index contributed by atoms with van der Waals surface area (Å²) in [4.78, 5) is 20.0. The molecule has 9 heteroatoms. The van der Waals surface area contributed by atoms with E-state index in [1.54, 1.807) is 6.07 Å². The van der Waals surface area contributed by atoms with Crippen LogP contribution in [0.25, 0.3) is 0 Å². The minimum Gasteiger partial charge on any atom is -0.478 e. The summed E-state index contributed by atoms with van der Waals surface area (Å²) in [5, 5.41) is 3.13. The highest BCUT2D eigenvalue weighted by Crippen LogP contribution is 2.24. The van der Waals surface area contributed by atoms with Crippen LogP contribution in [0.3, 0.4) is 0 Å². The lowest BCUT2D eigenvalue weighted by molar-refractivity contribution is -0.186. The standard InChI is InChI=1S/C14H19F3N4O2/c1-2-23-12-7-11(19-9-20-12)18-8-10-3-5-21(6-4-10)13(22)14(15,16)17/h7,9-10H,2-6,8H2,1H3,(H,18,19,20). The Labute approximate surface area is 132 Å². The van der Waals surface area contributed by atoms with Gasteiger partial charge in [0.15, 0.2) is 0 Å². The van der Waals surface area contributed by atoms with Gasteiger partial charge in [-0.1, -0.05) is 0 Å². The van der Waals surface area contributed by atoms with E-state index in [1.807, 2.05) is 6.92 Å². The highest BCUT2D eigenvalue weighted by atomic mass is 19.4. The summed E-state index contributed by atoms with van der Waals surface area (Å²) < 4.78 is 42.4. The molecule has 1 fully saturated rings. The number of rotatable bonds is 5. The Bertz CT molecular complexity index is 531. The van der Waals surface area contributed by atoms with Gasteiger partial charge in [-0.2, -0.15) is 13.2 Å². The van der Waals surface area contributed by atoms with Crippen molar-refractivity contribution in [2.45, 2.75) is 25.9 Å². The zero-order valence-corrected chi connectivity index (χ0v) is 12.8. The van der Waals surface area contributed by atoms with Crippen molar-refractivity contribution in [3.63, 3.8) is 0 Å². The van der Waals surface area contributed by atoms with Crippen molar-refractivity contribution in [3.05, 3.63) is 12.4 Å². The zero-order chi connectivity index (χ0) is 16.9. The second kappa shape index (κ2) is 7.47. The van der Waals surface area contributed by atoms with Gasteiger partial charge in [0.25, 0.3) is 0 Å². The van der Waals surface area contributed by atoms with Crippen molar-refractivity contribution in [2.75, 3.05) is 31.6 Å². The van der Waals surface area contributed by atoms with Crippen LogP contribution in [0, 0.1) is 5.92 Å². The predicted molar refractivity (Wildman–Crippen MR) is 77.0 cm³/mol. The average molecular weight is 332 g/mol. The van der Waals surface area contributed by atoms with Gasteiger partial charge in [0.1, 0.15) is 12.1 Å². The van der Waals surface area contributed by atoms with E-state index in [4.69, 9.17) is 4.74 Å². The molecule has 0 saturated carbocycles. The fourth-order valence-electron chi connectivity index (χ4n) is 2.43. The SMILES string of the molecule is CCOc1cc(NCC2CCN(C(=O)C(F)(F)F)CC2)ncn1. The summed E-state index contributed by atoms with van der Waals surface area (Å²) in [6, 6.07) is 1.67. The lowest BCUT2D eigenvalue weighted by Crippen LogP contribution is -2.46. The van der Waals surface area contributed by atoms with E-state index in [9.17, 15) is 18.0 Å². The third kappa shape index (κ3) is 4.97. The molecule has 0 radical (unpaired) electrons. The molecule has 1 aliphatic rings. The van der Waals surface area contributed by atoms with E-state index in [0.717, 1.165) is 4.90 Å². The van der Waals surface area contributed by atoms with Crippen LogP contribution in [0.4, 0.5) is 19.0 Å². The molecule has 1 aromatic heterocycles. The smallest absolute Gasteiger partial charge is 0.471 e. The quantitative estimate of drug-likeness (QED) is 0.894. The van der Waals surface area contributed by atoms with Gasteiger partial charge in [0.2, 0.25) is 5.88 Å². The predicted octanol–water partition coefficient (Wildman–Crippen LogP) is 2.09. The molecule has 0 aliphatic carbocycles. The maximum atomic E-state index is 12.4. The van der Waals surface area contributed by atoms with Crippen LogP contribution < -0.4 is 10.1 Å². The third-order valence-corrected chi connectivity index (χ3v) is 3.65. The number of halogens is 3. The minimum atomic E-state index is -4.79. The molecule has 2 heterocycles. The molecule has 1 N–H and O–H groups in total. The molecule has 0 unspecified atom stereocenters. The Balaban J connectivity index is 1.79. The Kier molecular flexibility index (Phi) is 5.62. The third-order valence-electron chi connectivity index (χ3n) is 3.65. The van der Waals surface area contributed by atoms with E-state index >= 15 is 0 Å². The molecule has 1 aromatic rings. The second-order valence-electron chi connectivity index (χ2n) is 5.29. The number of amides is 1. The molecule has 0 atom stereocenters. The van der Waals surface area contributed by atoms with Gasteiger partial charge < -0.3 is 15.0 Å². The Morgan fingerprint density at radius 1 is 1.39 bits per heavy atom. The summed E-state index contributed by atoms with van der Waals surface area (Å²) in [6.45, 7) is 3.18. The Morgan fingerprint density at radius 3 is 2.70 bits per heavy atom. The lowest BCUT2D eigenvalue weighted by Gasteiger charge is -2.32. The summed E-state index contributed by atoms with van der Waals surface area (Å²) in [6.07, 6.45) is -2.35. The Hall–Kier alpha value is -2.06. The molecular formula is C14H19F3N4O2. The summed E-state index contributed by atoms with van der Waals surface area (Å²) in [7, 11) is 0. The Morgan fingerprint density at radius 2 is 2.09 bits per heavy atom. The van der Waals surface area contributed by atoms with Crippen LogP contribution in [-0.2, 0) is 4.79 Å². The molecule has 128 valence electrons. The number of ether oxygens (including phenoxy) is 1. The summed E-state index contributed by atoms with van der Waals surface area (Å²) in [5.74, 6) is -0.480. The zero-order valence-electron chi connectivity index (χ0n) is 12.8. The molecule has 0 spiro atoms. The molecular weight excluding hydrogens is 313 g/mol. The van der Waals surface area contributed by atoms with Gasteiger partial charge in [0.05, 0.1) is 6.61 Å². The van der Waals surface area contributed by atoms with Gasteiger partial charge in [-0.25, -0.2) is 9.97 Å². The lowest BCUT2D eigenvalue weighted by atomic mass is 9.96. The first-order valence-corrected chi connectivity index (χ1v) is 7.45. The van der Waals surface area contributed by atoms with Crippen molar-refractivity contribution in [2.24, 2.45) is 5.92 Å². The van der Waals surface area contributed by atoms with Crippen molar-refractivity contribution in [1.82, 2.24) is 14.9 Å². The van der Waals surface area contributed by atoms with Crippen molar-refractivity contribution < 1.29 is 22.7 Å². The van der Waals surface area contributed by atoms with Crippen LogP contribution in [0.2, 0.25) is 0 Å². The van der Waals surface area contributed by atoms with Gasteiger partial charge in [0, 0.05) is 25.7 Å². The van der Waals surface area contributed by atoms with Crippen LogP contribution >= 0.6 is 0 Å². The van der Waals surface area contributed by atoms with E-state index in [1.165, 1.54) is 6.33 Å². The molecule has 1 saturated heterocycles. The van der Waals surface area contributed by atoms with Crippen molar-refractivity contribution in [1.29, 1.82) is 0 Å². The largest absolute Gasteiger partial charge is 0.478 e. The maximum Gasteiger partial charge on any atom is 0.471 e. The summed E-state index contributed by atoms with van der Waals surface area (Å²) >= 11 is 0. The molecule has 0 aromatic carbocycles. The number of likely N-dealkylation sites (tertiary alicyclic amines) is 1. The fourth-order valence-corrected chi connectivity index (χ4v) is 2.43. The van der Waals surface area contributed by atoms with Gasteiger partial charge in [-0.05, 0) is 25.7 Å². The van der Waals surface area contributed by atoms with Crippen molar-refractivity contribution >= 4 is 11.7 Å². The van der Waals surface area contributed by atoms with Crippen LogP contribution in [0.15, 0.2) is 12.4 Å². The first-order chi connectivity index (χ1) is 10.9. The number of nitrogens with zero attached hydrogens (tertiary/aromatic N) is 3. The van der Waals surface area contributed by atoms with E-state index in [0.29, 0.717) is 37.7 Å². The van der Waals surface area contributed by atoms with E-state index < -0.39 is 12.1 Å². The van der Waals surface area contributed by atoms with Gasteiger partial charge >= 0.3 is 12.1 Å². The second-order valence-corrected chi connectivity index (χ2v) is 5.29. The number of piperidine rings is 1. The number of carbonyl (C=O) groups excluding carboxylic acids is 1. The summed E-state index contributed by atoms with van der Waals surface area (Å²) in [5.41, 5.74) is 0. The normalized spacial score (nSPS) is 16.3. The van der Waals surface area contributed by atoms with E-state index in [-0.39, 0.29) is 19.0 Å². The average Bonchev–Trinajstić information content (AvgIpc) is 2.53. The van der Waals surface area contributed by atoms with Crippen LogP contribution in [0.1, 0.15) is 19.8 Å². The highest BCUT2D eigenvalue weighted by molar-refractivity contribution is 5.81. The molecule has 23 heavy (non-hydrogen) atoms. The molecule has 1 amide bonds. The number of alkyl halides is 3. The highest BCUT2D eigenvalue weighted by Gasteiger charge is 2.43. The van der Waals surface area contributed by atoms with Crippen LogP contribution in [0.5, 0.6) is 5.88 Å². The topological polar surface area (TPSA) is 67.3 Å². The molecule has 0 bridgehead atoms. The number of carbonyl (C=O) groups is 1. The molecule has 1 aliphatic heterocycles. The fraction of sp³-hybridized carbons (Fsp3) is 0.643.